The number of ketones is 1. The summed E-state index contributed by atoms with van der Waals surface area (Å²) < 4.78 is 0. The van der Waals surface area contributed by atoms with E-state index >= 15 is 0 Å². The van der Waals surface area contributed by atoms with Crippen molar-refractivity contribution in [3.05, 3.63) is 29.3 Å². The summed E-state index contributed by atoms with van der Waals surface area (Å²) in [5.41, 5.74) is 1.39. The van der Waals surface area contributed by atoms with Crippen molar-refractivity contribution in [2.24, 2.45) is 0 Å². The van der Waals surface area contributed by atoms with Crippen LogP contribution in [0.15, 0.2) is 23.1 Å². The molecule has 3 rings (SSSR count). The van der Waals surface area contributed by atoms with E-state index in [0.717, 1.165) is 29.1 Å². The molecule has 1 aromatic carbocycles. The van der Waals surface area contributed by atoms with Crippen molar-refractivity contribution < 1.29 is 9.59 Å². The molecule has 1 N–H and O–H groups in total. The van der Waals surface area contributed by atoms with Crippen LogP contribution in [0.5, 0.6) is 0 Å². The first-order chi connectivity index (χ1) is 9.75. The first-order valence-corrected chi connectivity index (χ1v) is 8.34. The predicted molar refractivity (Wildman–Crippen MR) is 80.5 cm³/mol. The number of rotatable bonds is 2. The average molecular weight is 289 g/mol. The molecule has 1 fully saturated rings. The molecule has 0 aromatic heterocycles. The molecular weight excluding hydrogens is 270 g/mol. The lowest BCUT2D eigenvalue weighted by Crippen LogP contribution is -2.36. The lowest BCUT2D eigenvalue weighted by molar-refractivity contribution is 0.0924. The third kappa shape index (κ3) is 2.75. The van der Waals surface area contributed by atoms with Gasteiger partial charge in [0.1, 0.15) is 0 Å². The van der Waals surface area contributed by atoms with Crippen molar-refractivity contribution in [1.29, 1.82) is 0 Å². The monoisotopic (exact) mass is 289 g/mol. The maximum Gasteiger partial charge on any atom is 0.252 e. The summed E-state index contributed by atoms with van der Waals surface area (Å²) in [6, 6.07) is 5.79. The van der Waals surface area contributed by atoms with Gasteiger partial charge in [0.2, 0.25) is 0 Å². The molecule has 0 atom stereocenters. The number of benzene rings is 1. The summed E-state index contributed by atoms with van der Waals surface area (Å²) in [4.78, 5) is 25.2. The van der Waals surface area contributed by atoms with Crippen molar-refractivity contribution in [3.8, 4) is 0 Å². The Morgan fingerprint density at radius 2 is 2.00 bits per heavy atom. The molecule has 1 aliphatic heterocycles. The van der Waals surface area contributed by atoms with E-state index in [2.05, 4.69) is 5.32 Å². The van der Waals surface area contributed by atoms with Crippen LogP contribution in [0.25, 0.3) is 0 Å². The SMILES string of the molecule is O=C1CCSc2c1cccc2C(=O)NC1CCCCC1. The second-order valence-corrected chi connectivity index (χ2v) is 6.62. The number of hydrogen-bond acceptors (Lipinski definition) is 3. The molecule has 1 aliphatic carbocycles. The molecule has 0 bridgehead atoms. The highest BCUT2D eigenvalue weighted by atomic mass is 32.2. The second-order valence-electron chi connectivity index (χ2n) is 5.51. The molecule has 1 heterocycles. The molecule has 20 heavy (non-hydrogen) atoms. The van der Waals surface area contributed by atoms with Crippen molar-refractivity contribution in [2.45, 2.75) is 49.5 Å². The van der Waals surface area contributed by atoms with Gasteiger partial charge in [-0.3, -0.25) is 9.59 Å². The standard InChI is InChI=1S/C16H19NO2S/c18-14-9-10-20-15-12(14)7-4-8-13(15)16(19)17-11-5-2-1-3-6-11/h4,7-8,11H,1-3,5-6,9-10H2,(H,17,19). The molecule has 0 unspecified atom stereocenters. The third-order valence-corrected chi connectivity index (χ3v) is 5.21. The van der Waals surface area contributed by atoms with Crippen LogP contribution in [0.1, 0.15) is 59.2 Å². The zero-order valence-electron chi connectivity index (χ0n) is 11.5. The molecule has 3 nitrogen and oxygen atoms in total. The summed E-state index contributed by atoms with van der Waals surface area (Å²) in [6.45, 7) is 0. The maximum absolute atomic E-state index is 12.5. The second kappa shape index (κ2) is 6.00. The minimum Gasteiger partial charge on any atom is -0.349 e. The van der Waals surface area contributed by atoms with Crippen LogP contribution in [0, 0.1) is 0 Å². The zero-order valence-corrected chi connectivity index (χ0v) is 12.3. The summed E-state index contributed by atoms with van der Waals surface area (Å²) >= 11 is 1.63. The molecular formula is C16H19NO2S. The predicted octanol–water partition coefficient (Wildman–Crippen LogP) is 3.43. The van der Waals surface area contributed by atoms with Crippen LogP contribution in [0.3, 0.4) is 0 Å². The highest BCUT2D eigenvalue weighted by Gasteiger charge is 2.24. The Labute approximate surface area is 123 Å². The Bertz CT molecular complexity index is 535. The average Bonchev–Trinajstić information content (AvgIpc) is 2.48. The van der Waals surface area contributed by atoms with Gasteiger partial charge in [-0.1, -0.05) is 31.4 Å². The van der Waals surface area contributed by atoms with Crippen LogP contribution in [0.2, 0.25) is 0 Å². The van der Waals surface area contributed by atoms with Crippen LogP contribution < -0.4 is 5.32 Å². The molecule has 0 spiro atoms. The molecule has 2 aliphatic rings. The molecule has 1 amide bonds. The fourth-order valence-corrected chi connectivity index (χ4v) is 4.13. The Kier molecular flexibility index (Phi) is 4.10. The highest BCUT2D eigenvalue weighted by Crippen LogP contribution is 2.33. The van der Waals surface area contributed by atoms with E-state index < -0.39 is 0 Å². The van der Waals surface area contributed by atoms with Crippen molar-refractivity contribution in [2.75, 3.05) is 5.75 Å². The van der Waals surface area contributed by atoms with E-state index in [1.54, 1.807) is 11.8 Å². The van der Waals surface area contributed by atoms with E-state index in [1.807, 2.05) is 18.2 Å². The van der Waals surface area contributed by atoms with E-state index in [4.69, 9.17) is 0 Å². The van der Waals surface area contributed by atoms with Crippen LogP contribution in [-0.4, -0.2) is 23.5 Å². The maximum atomic E-state index is 12.5. The van der Waals surface area contributed by atoms with Gasteiger partial charge in [0.05, 0.1) is 5.56 Å². The number of amides is 1. The third-order valence-electron chi connectivity index (χ3n) is 4.08. The van der Waals surface area contributed by atoms with Gasteiger partial charge in [0, 0.05) is 28.7 Å². The Hall–Kier alpha value is -1.29. The zero-order chi connectivity index (χ0) is 13.9. The Balaban J connectivity index is 1.81. The topological polar surface area (TPSA) is 46.2 Å². The van der Waals surface area contributed by atoms with E-state index in [9.17, 15) is 9.59 Å². The van der Waals surface area contributed by atoms with E-state index in [-0.39, 0.29) is 11.7 Å². The number of nitrogens with one attached hydrogen (secondary N) is 1. The summed E-state index contributed by atoms with van der Waals surface area (Å²) in [5, 5.41) is 3.14. The minimum atomic E-state index is -0.0176. The molecule has 0 radical (unpaired) electrons. The van der Waals surface area contributed by atoms with Crippen LogP contribution in [0.4, 0.5) is 0 Å². The number of hydrogen-bond donors (Lipinski definition) is 1. The largest absolute Gasteiger partial charge is 0.349 e. The van der Waals surface area contributed by atoms with Gasteiger partial charge in [-0.05, 0) is 18.9 Å². The summed E-state index contributed by atoms with van der Waals surface area (Å²) in [7, 11) is 0. The Morgan fingerprint density at radius 3 is 2.80 bits per heavy atom. The van der Waals surface area contributed by atoms with Gasteiger partial charge in [0.15, 0.2) is 5.78 Å². The Morgan fingerprint density at radius 1 is 1.20 bits per heavy atom. The molecule has 1 aromatic rings. The van der Waals surface area contributed by atoms with Crippen LogP contribution in [-0.2, 0) is 0 Å². The van der Waals surface area contributed by atoms with Gasteiger partial charge in [0.25, 0.3) is 5.91 Å². The fourth-order valence-electron chi connectivity index (χ4n) is 2.98. The normalized spacial score (nSPS) is 19.5. The molecule has 0 saturated heterocycles. The fraction of sp³-hybridized carbons (Fsp3) is 0.500. The molecule has 106 valence electrons. The first kappa shape index (κ1) is 13.7. The summed E-state index contributed by atoms with van der Waals surface area (Å²) in [6.07, 6.45) is 6.40. The van der Waals surface area contributed by atoms with Gasteiger partial charge < -0.3 is 5.32 Å². The smallest absolute Gasteiger partial charge is 0.252 e. The molecule has 1 saturated carbocycles. The number of Topliss-reactive ketones (excluding diaryl/α,β-unsaturated/α-hetero) is 1. The van der Waals surface area contributed by atoms with Crippen LogP contribution >= 0.6 is 11.8 Å². The van der Waals surface area contributed by atoms with E-state index in [0.29, 0.717) is 18.0 Å². The lowest BCUT2D eigenvalue weighted by atomic mass is 9.95. The summed E-state index contributed by atoms with van der Waals surface area (Å²) in [5.74, 6) is 0.918. The quantitative estimate of drug-likeness (QED) is 0.907. The number of carbonyl (C=O) groups is 2. The van der Waals surface area contributed by atoms with Gasteiger partial charge in [-0.2, -0.15) is 0 Å². The van der Waals surface area contributed by atoms with Crippen molar-refractivity contribution in [3.63, 3.8) is 0 Å². The van der Waals surface area contributed by atoms with Gasteiger partial charge in [-0.15, -0.1) is 11.8 Å². The van der Waals surface area contributed by atoms with Crippen molar-refractivity contribution >= 4 is 23.5 Å². The minimum absolute atomic E-state index is 0.0176. The number of fused-ring (bicyclic) bond motifs is 1. The molecule has 4 heteroatoms. The highest BCUT2D eigenvalue weighted by molar-refractivity contribution is 7.99. The number of thioether (sulfide) groups is 1. The van der Waals surface area contributed by atoms with E-state index in [1.165, 1.54) is 19.3 Å². The first-order valence-electron chi connectivity index (χ1n) is 7.35. The lowest BCUT2D eigenvalue weighted by Gasteiger charge is -2.24. The van der Waals surface area contributed by atoms with Crippen molar-refractivity contribution in [1.82, 2.24) is 5.32 Å². The number of carbonyl (C=O) groups excluding carboxylic acids is 2. The van der Waals surface area contributed by atoms with Gasteiger partial charge >= 0.3 is 0 Å². The van der Waals surface area contributed by atoms with Gasteiger partial charge in [-0.25, -0.2) is 0 Å².